The third kappa shape index (κ3) is 3.80. The number of carbonyl (C=O) groups is 2. The number of nitrogens with two attached hydrogens (primary N) is 1. The minimum absolute atomic E-state index is 0.105. The molecule has 1 saturated heterocycles. The number of amides is 2. The minimum atomic E-state index is -0.674. The molecule has 21 heavy (non-hydrogen) atoms. The van der Waals surface area contributed by atoms with E-state index in [-0.39, 0.29) is 12.5 Å². The maximum atomic E-state index is 12.2. The molecule has 1 aromatic rings. The van der Waals surface area contributed by atoms with Crippen molar-refractivity contribution in [2.45, 2.75) is 18.9 Å². The van der Waals surface area contributed by atoms with Gasteiger partial charge in [-0.2, -0.15) is 5.26 Å². The Morgan fingerprint density at radius 2 is 2.10 bits per heavy atom. The van der Waals surface area contributed by atoms with E-state index in [0.29, 0.717) is 31.6 Å². The highest BCUT2D eigenvalue weighted by Crippen LogP contribution is 2.12. The molecule has 0 aliphatic carbocycles. The summed E-state index contributed by atoms with van der Waals surface area (Å²) in [7, 11) is 0. The van der Waals surface area contributed by atoms with Gasteiger partial charge < -0.3 is 15.4 Å². The van der Waals surface area contributed by atoms with Crippen molar-refractivity contribution in [3.05, 3.63) is 35.4 Å². The molecule has 0 aromatic heterocycles. The van der Waals surface area contributed by atoms with Gasteiger partial charge in [-0.25, -0.2) is 0 Å². The third-order valence-corrected chi connectivity index (χ3v) is 3.49. The van der Waals surface area contributed by atoms with Crippen molar-refractivity contribution in [3.8, 4) is 6.07 Å². The van der Waals surface area contributed by atoms with E-state index in [2.05, 4.69) is 0 Å². The highest BCUT2D eigenvalue weighted by Gasteiger charge is 2.30. The van der Waals surface area contributed by atoms with E-state index in [9.17, 15) is 9.59 Å². The van der Waals surface area contributed by atoms with Gasteiger partial charge in [0.2, 0.25) is 11.8 Å². The predicted octanol–water partition coefficient (Wildman–Crippen LogP) is 0.204. The Balaban J connectivity index is 1.93. The Morgan fingerprint density at radius 3 is 2.71 bits per heavy atom. The normalized spacial score (nSPS) is 18.0. The van der Waals surface area contributed by atoms with Gasteiger partial charge in [-0.05, 0) is 24.1 Å². The van der Waals surface area contributed by atoms with Crippen LogP contribution < -0.4 is 5.73 Å². The maximum Gasteiger partial charge on any atom is 0.242 e. The Labute approximate surface area is 123 Å². The lowest BCUT2D eigenvalue weighted by molar-refractivity contribution is -0.147. The summed E-state index contributed by atoms with van der Waals surface area (Å²) in [5.74, 6) is -0.645. The predicted molar refractivity (Wildman–Crippen MR) is 75.0 cm³/mol. The first-order valence-corrected chi connectivity index (χ1v) is 6.77. The van der Waals surface area contributed by atoms with Crippen LogP contribution >= 0.6 is 0 Å². The van der Waals surface area contributed by atoms with Gasteiger partial charge in [-0.3, -0.25) is 9.59 Å². The molecule has 1 unspecified atom stereocenters. The fraction of sp³-hybridized carbons (Fsp3) is 0.400. The van der Waals surface area contributed by atoms with Crippen LogP contribution in [0.5, 0.6) is 0 Å². The van der Waals surface area contributed by atoms with Gasteiger partial charge in [0.05, 0.1) is 24.8 Å². The number of nitriles is 1. The molecule has 1 aromatic carbocycles. The topological polar surface area (TPSA) is 96.4 Å². The number of morpholine rings is 1. The number of benzene rings is 1. The molecular weight excluding hydrogens is 270 g/mol. The number of carbonyl (C=O) groups excluding carboxylic acids is 2. The Morgan fingerprint density at radius 1 is 1.38 bits per heavy atom. The lowest BCUT2D eigenvalue weighted by Gasteiger charge is -2.33. The smallest absolute Gasteiger partial charge is 0.242 e. The SMILES string of the molecule is N#Cc1ccc(CCC(=O)N2CCOCC2C(N)=O)cc1. The van der Waals surface area contributed by atoms with Crippen molar-refractivity contribution < 1.29 is 14.3 Å². The zero-order valence-electron chi connectivity index (χ0n) is 11.6. The van der Waals surface area contributed by atoms with Gasteiger partial charge in [-0.15, -0.1) is 0 Å². The van der Waals surface area contributed by atoms with Crippen molar-refractivity contribution in [3.63, 3.8) is 0 Å². The van der Waals surface area contributed by atoms with Crippen LogP contribution in [0.4, 0.5) is 0 Å². The molecule has 0 saturated carbocycles. The number of aryl methyl sites for hydroxylation is 1. The zero-order valence-corrected chi connectivity index (χ0v) is 11.6. The second kappa shape index (κ2) is 6.86. The summed E-state index contributed by atoms with van der Waals surface area (Å²) >= 11 is 0. The molecule has 2 rings (SSSR count). The molecule has 2 N–H and O–H groups in total. The fourth-order valence-electron chi connectivity index (χ4n) is 2.28. The molecule has 1 atom stereocenters. The first kappa shape index (κ1) is 15.0. The molecular formula is C15H17N3O3. The monoisotopic (exact) mass is 287 g/mol. The highest BCUT2D eigenvalue weighted by molar-refractivity contribution is 5.87. The van der Waals surface area contributed by atoms with E-state index in [0.717, 1.165) is 5.56 Å². The van der Waals surface area contributed by atoms with E-state index in [1.54, 1.807) is 12.1 Å². The summed E-state index contributed by atoms with van der Waals surface area (Å²) in [5, 5.41) is 8.73. The summed E-state index contributed by atoms with van der Waals surface area (Å²) < 4.78 is 5.19. The molecule has 1 heterocycles. The molecule has 0 spiro atoms. The van der Waals surface area contributed by atoms with Crippen LogP contribution in [0.1, 0.15) is 17.5 Å². The average molecular weight is 287 g/mol. The summed E-state index contributed by atoms with van der Waals surface area (Å²) in [4.78, 5) is 25.0. The minimum Gasteiger partial charge on any atom is -0.377 e. The lowest BCUT2D eigenvalue weighted by atomic mass is 10.1. The van der Waals surface area contributed by atoms with Gasteiger partial charge in [0.15, 0.2) is 0 Å². The van der Waals surface area contributed by atoms with Crippen molar-refractivity contribution in [2.24, 2.45) is 5.73 Å². The Kier molecular flexibility index (Phi) is 4.90. The summed E-state index contributed by atoms with van der Waals surface area (Å²) in [6.07, 6.45) is 0.864. The molecule has 1 fully saturated rings. The van der Waals surface area contributed by atoms with E-state index in [1.165, 1.54) is 4.90 Å². The second-order valence-corrected chi connectivity index (χ2v) is 4.89. The second-order valence-electron chi connectivity index (χ2n) is 4.89. The molecule has 1 aliphatic rings. The van der Waals surface area contributed by atoms with Gasteiger partial charge >= 0.3 is 0 Å². The first-order chi connectivity index (χ1) is 10.1. The van der Waals surface area contributed by atoms with E-state index >= 15 is 0 Å². The molecule has 1 aliphatic heterocycles. The van der Waals surface area contributed by atoms with Crippen LogP contribution in [0, 0.1) is 11.3 Å². The number of nitrogens with zero attached hydrogens (tertiary/aromatic N) is 2. The molecule has 110 valence electrons. The largest absolute Gasteiger partial charge is 0.377 e. The van der Waals surface area contributed by atoms with E-state index in [4.69, 9.17) is 15.7 Å². The first-order valence-electron chi connectivity index (χ1n) is 6.77. The number of primary amides is 1. The summed E-state index contributed by atoms with van der Waals surface area (Å²) in [5.41, 5.74) is 6.86. The summed E-state index contributed by atoms with van der Waals surface area (Å²) in [6.45, 7) is 0.976. The Hall–Kier alpha value is -2.39. The van der Waals surface area contributed by atoms with Crippen LogP contribution in [0.15, 0.2) is 24.3 Å². The summed E-state index contributed by atoms with van der Waals surface area (Å²) in [6, 6.07) is 8.48. The fourth-order valence-corrected chi connectivity index (χ4v) is 2.28. The van der Waals surface area contributed by atoms with Crippen LogP contribution in [0.3, 0.4) is 0 Å². The lowest BCUT2D eigenvalue weighted by Crippen LogP contribution is -2.54. The molecule has 0 bridgehead atoms. The van der Waals surface area contributed by atoms with Gasteiger partial charge in [0.25, 0.3) is 0 Å². The van der Waals surface area contributed by atoms with Crippen molar-refractivity contribution in [1.29, 1.82) is 5.26 Å². The van der Waals surface area contributed by atoms with Crippen molar-refractivity contribution >= 4 is 11.8 Å². The standard InChI is InChI=1S/C15H17N3O3/c16-9-12-3-1-11(2-4-12)5-6-14(19)18-7-8-21-10-13(18)15(17)20/h1-4,13H,5-8,10H2,(H2,17,20). The zero-order chi connectivity index (χ0) is 15.2. The van der Waals surface area contributed by atoms with Crippen LogP contribution in [-0.4, -0.2) is 42.5 Å². The number of rotatable bonds is 4. The van der Waals surface area contributed by atoms with Crippen molar-refractivity contribution in [2.75, 3.05) is 19.8 Å². The van der Waals surface area contributed by atoms with Gasteiger partial charge in [-0.1, -0.05) is 12.1 Å². The molecule has 2 amide bonds. The maximum absolute atomic E-state index is 12.2. The van der Waals surface area contributed by atoms with Crippen LogP contribution in [0.2, 0.25) is 0 Å². The molecule has 6 heteroatoms. The number of hydrogen-bond acceptors (Lipinski definition) is 4. The highest BCUT2D eigenvalue weighted by atomic mass is 16.5. The third-order valence-electron chi connectivity index (χ3n) is 3.49. The van der Waals surface area contributed by atoms with Crippen LogP contribution in [0.25, 0.3) is 0 Å². The molecule has 6 nitrogen and oxygen atoms in total. The molecule has 0 radical (unpaired) electrons. The quantitative estimate of drug-likeness (QED) is 0.855. The average Bonchev–Trinajstić information content (AvgIpc) is 2.53. The van der Waals surface area contributed by atoms with Gasteiger partial charge in [0.1, 0.15) is 6.04 Å². The van der Waals surface area contributed by atoms with Crippen molar-refractivity contribution in [1.82, 2.24) is 4.90 Å². The van der Waals surface area contributed by atoms with E-state index in [1.807, 2.05) is 18.2 Å². The Bertz CT molecular complexity index is 563. The number of ether oxygens (including phenoxy) is 1. The number of hydrogen-bond donors (Lipinski definition) is 1. The van der Waals surface area contributed by atoms with E-state index < -0.39 is 11.9 Å². The van der Waals surface area contributed by atoms with Crippen LogP contribution in [-0.2, 0) is 20.7 Å². The van der Waals surface area contributed by atoms with Gasteiger partial charge in [0, 0.05) is 13.0 Å².